The molecule has 17 nitrogen and oxygen atoms in total. The number of esters is 4. The molecule has 100 heavy (non-hydrogen) atoms. The summed E-state index contributed by atoms with van der Waals surface area (Å²) in [7, 11) is -9.92. The lowest BCUT2D eigenvalue weighted by molar-refractivity contribution is -0.161. The molecule has 0 fully saturated rings. The summed E-state index contributed by atoms with van der Waals surface area (Å²) in [6, 6.07) is 0. The standard InChI is InChI=1S/C81H158O17P2/c1-9-72(6)58-50-42-34-26-20-18-16-14-12-13-15-17-19-21-29-37-45-53-61-78(83)91-67-76(97-80(85)63-55-47-38-30-24-22-27-35-43-51-59-73(7)10-2)69-95-99(87,88)93-65-75(82)66-94-100(89,90)96-70-77(68-92-79(84)62-54-46-40-32-33-41-49-57-71(4)5)98-81(86)64-56-48-39-31-25-23-28-36-44-52-60-74(8)11-3/h71-77,82H,9-70H2,1-8H3,(H,87,88)(H,89,90)/t72?,73?,74?,75?,76-,77-/m1/s1. The molecule has 0 aromatic rings. The SMILES string of the molecule is CCC(C)CCCCCCCCCCCCCCCCCCCCC(=O)OC[C@H](COP(=O)(O)OCC(O)COP(=O)(O)OC[C@@H](COC(=O)CCCCCCCCCC(C)C)OC(=O)CCCCCCCCCCCCC(C)CC)OC(=O)CCCCCCCCCCCCC(C)CC. The van der Waals surface area contributed by atoms with Crippen LogP contribution in [0.2, 0.25) is 0 Å². The van der Waals surface area contributed by atoms with Crippen molar-refractivity contribution in [2.75, 3.05) is 39.6 Å². The molecular weight excluding hydrogens is 1310 g/mol. The maximum absolute atomic E-state index is 13.1. The number of aliphatic hydroxyl groups excluding tert-OH is 1. The predicted molar refractivity (Wildman–Crippen MR) is 409 cm³/mol. The van der Waals surface area contributed by atoms with Crippen molar-refractivity contribution in [1.29, 1.82) is 0 Å². The number of phosphoric ester groups is 2. The largest absolute Gasteiger partial charge is 0.472 e. The number of phosphoric acid groups is 2. The van der Waals surface area contributed by atoms with Crippen molar-refractivity contribution in [3.63, 3.8) is 0 Å². The topological polar surface area (TPSA) is 237 Å². The molecule has 0 bridgehead atoms. The minimum Gasteiger partial charge on any atom is -0.462 e. The van der Waals surface area contributed by atoms with Crippen molar-refractivity contribution in [2.24, 2.45) is 23.7 Å². The molecule has 8 atom stereocenters. The van der Waals surface area contributed by atoms with Gasteiger partial charge in [-0.25, -0.2) is 9.13 Å². The Balaban J connectivity index is 5.20. The van der Waals surface area contributed by atoms with E-state index in [9.17, 15) is 43.2 Å². The number of hydrogen-bond donors (Lipinski definition) is 3. The predicted octanol–water partition coefficient (Wildman–Crippen LogP) is 24.0. The molecule has 0 aromatic carbocycles. The molecule has 0 amide bonds. The van der Waals surface area contributed by atoms with Gasteiger partial charge in [0.05, 0.1) is 26.4 Å². The lowest BCUT2D eigenvalue weighted by atomic mass is 9.99. The van der Waals surface area contributed by atoms with Gasteiger partial charge in [0.1, 0.15) is 19.3 Å². The summed E-state index contributed by atoms with van der Waals surface area (Å²) in [4.78, 5) is 73.0. The Hall–Kier alpha value is -1.94. The summed E-state index contributed by atoms with van der Waals surface area (Å²) in [6.45, 7) is 14.3. The molecule has 594 valence electrons. The van der Waals surface area contributed by atoms with Crippen molar-refractivity contribution >= 4 is 39.5 Å². The van der Waals surface area contributed by atoms with Gasteiger partial charge in [0.2, 0.25) is 0 Å². The van der Waals surface area contributed by atoms with Crippen LogP contribution < -0.4 is 0 Å². The van der Waals surface area contributed by atoms with E-state index in [4.69, 9.17) is 37.0 Å². The highest BCUT2D eigenvalue weighted by Gasteiger charge is 2.30. The fourth-order valence-corrected chi connectivity index (χ4v) is 13.9. The monoisotopic (exact) mass is 1470 g/mol. The molecule has 0 aromatic heterocycles. The molecule has 0 spiro atoms. The Labute approximate surface area is 613 Å². The molecule has 0 aliphatic carbocycles. The van der Waals surface area contributed by atoms with Gasteiger partial charge in [0, 0.05) is 25.7 Å². The summed E-state index contributed by atoms with van der Waals surface area (Å²) in [5.41, 5.74) is 0. The fourth-order valence-electron chi connectivity index (χ4n) is 12.3. The van der Waals surface area contributed by atoms with Gasteiger partial charge in [-0.1, -0.05) is 364 Å². The van der Waals surface area contributed by atoms with Crippen LogP contribution in [0.15, 0.2) is 0 Å². The van der Waals surface area contributed by atoms with Gasteiger partial charge < -0.3 is 33.8 Å². The molecule has 0 heterocycles. The van der Waals surface area contributed by atoms with E-state index in [-0.39, 0.29) is 25.7 Å². The average molecular weight is 1470 g/mol. The minimum atomic E-state index is -4.96. The van der Waals surface area contributed by atoms with Gasteiger partial charge in [-0.15, -0.1) is 0 Å². The summed E-state index contributed by atoms with van der Waals surface area (Å²) < 4.78 is 68.7. The zero-order valence-electron chi connectivity index (χ0n) is 65.8. The second-order valence-electron chi connectivity index (χ2n) is 30.4. The Kier molecular flexibility index (Phi) is 68.7. The second kappa shape index (κ2) is 70.1. The maximum Gasteiger partial charge on any atom is 0.472 e. The van der Waals surface area contributed by atoms with Crippen molar-refractivity contribution in [3.05, 3.63) is 0 Å². The Morgan fingerprint density at radius 3 is 0.710 bits per heavy atom. The lowest BCUT2D eigenvalue weighted by Crippen LogP contribution is -2.30. The third-order valence-electron chi connectivity index (χ3n) is 19.9. The summed E-state index contributed by atoms with van der Waals surface area (Å²) in [6.07, 6.45) is 56.9. The normalized spacial score (nSPS) is 14.8. The molecule has 0 saturated heterocycles. The molecule has 3 N–H and O–H groups in total. The first-order valence-corrected chi connectivity index (χ1v) is 44.8. The Morgan fingerprint density at radius 1 is 0.280 bits per heavy atom. The van der Waals surface area contributed by atoms with Gasteiger partial charge in [0.15, 0.2) is 12.2 Å². The van der Waals surface area contributed by atoms with Crippen molar-refractivity contribution in [1.82, 2.24) is 0 Å². The zero-order chi connectivity index (χ0) is 73.8. The first kappa shape index (κ1) is 98.1. The Morgan fingerprint density at radius 2 is 0.480 bits per heavy atom. The number of aliphatic hydroxyl groups is 1. The van der Waals surface area contributed by atoms with Gasteiger partial charge in [-0.05, 0) is 49.4 Å². The average Bonchev–Trinajstić information content (AvgIpc) is 1.24. The van der Waals surface area contributed by atoms with Crippen molar-refractivity contribution < 1.29 is 80.2 Å². The number of unbranched alkanes of at least 4 members (excludes halogenated alkanes) is 41. The van der Waals surface area contributed by atoms with Crippen LogP contribution in [0.3, 0.4) is 0 Å². The minimum absolute atomic E-state index is 0.105. The number of carbonyl (C=O) groups is 4. The van der Waals surface area contributed by atoms with Crippen LogP contribution in [-0.4, -0.2) is 96.7 Å². The Bertz CT molecular complexity index is 1960. The van der Waals surface area contributed by atoms with Crippen LogP contribution >= 0.6 is 15.6 Å². The molecule has 0 aliphatic rings. The summed E-state index contributed by atoms with van der Waals surface area (Å²) in [5.74, 6) is 1.07. The highest BCUT2D eigenvalue weighted by atomic mass is 31.2. The number of hydrogen-bond acceptors (Lipinski definition) is 15. The molecule has 0 radical (unpaired) electrons. The van der Waals surface area contributed by atoms with Crippen LogP contribution in [-0.2, 0) is 65.4 Å². The van der Waals surface area contributed by atoms with Gasteiger partial charge in [-0.3, -0.25) is 37.3 Å². The van der Waals surface area contributed by atoms with Crippen LogP contribution in [0.1, 0.15) is 415 Å². The van der Waals surface area contributed by atoms with E-state index in [1.165, 1.54) is 212 Å². The second-order valence-corrected chi connectivity index (χ2v) is 33.3. The molecule has 0 rings (SSSR count). The van der Waals surface area contributed by atoms with Gasteiger partial charge >= 0.3 is 39.5 Å². The lowest BCUT2D eigenvalue weighted by Gasteiger charge is -2.21. The molecule has 0 saturated carbocycles. The van der Waals surface area contributed by atoms with Gasteiger partial charge in [-0.2, -0.15) is 0 Å². The molecule has 0 aliphatic heterocycles. The third-order valence-corrected chi connectivity index (χ3v) is 21.8. The number of ether oxygens (including phenoxy) is 4. The first-order valence-electron chi connectivity index (χ1n) is 41.8. The molecular formula is C81H158O17P2. The molecule has 6 unspecified atom stereocenters. The van der Waals surface area contributed by atoms with E-state index in [2.05, 4.69) is 55.4 Å². The smallest absolute Gasteiger partial charge is 0.462 e. The fraction of sp³-hybridized carbons (Fsp3) is 0.951. The highest BCUT2D eigenvalue weighted by molar-refractivity contribution is 7.47. The van der Waals surface area contributed by atoms with Gasteiger partial charge in [0.25, 0.3) is 0 Å². The van der Waals surface area contributed by atoms with Crippen LogP contribution in [0.4, 0.5) is 0 Å². The molecule has 19 heteroatoms. The quantitative estimate of drug-likeness (QED) is 0.0222. The van der Waals surface area contributed by atoms with E-state index in [1.807, 2.05) is 0 Å². The highest BCUT2D eigenvalue weighted by Crippen LogP contribution is 2.45. The summed E-state index contributed by atoms with van der Waals surface area (Å²) in [5, 5.41) is 10.6. The van der Waals surface area contributed by atoms with Crippen LogP contribution in [0, 0.1) is 23.7 Å². The zero-order valence-corrected chi connectivity index (χ0v) is 67.6. The maximum atomic E-state index is 13.1. The van der Waals surface area contributed by atoms with Crippen LogP contribution in [0.5, 0.6) is 0 Å². The van der Waals surface area contributed by atoms with Crippen LogP contribution in [0.25, 0.3) is 0 Å². The van der Waals surface area contributed by atoms with E-state index in [0.29, 0.717) is 31.6 Å². The van der Waals surface area contributed by atoms with E-state index >= 15 is 0 Å². The van der Waals surface area contributed by atoms with E-state index in [1.54, 1.807) is 0 Å². The van der Waals surface area contributed by atoms with Crippen molar-refractivity contribution in [2.45, 2.75) is 433 Å². The summed E-state index contributed by atoms with van der Waals surface area (Å²) >= 11 is 0. The number of carbonyl (C=O) groups excluding carboxylic acids is 4. The third kappa shape index (κ3) is 70.4. The van der Waals surface area contributed by atoms with E-state index in [0.717, 1.165) is 114 Å². The number of rotatable bonds is 78. The van der Waals surface area contributed by atoms with E-state index < -0.39 is 97.5 Å². The van der Waals surface area contributed by atoms with Crippen molar-refractivity contribution in [3.8, 4) is 0 Å². The first-order chi connectivity index (χ1) is 48.2.